The Morgan fingerprint density at radius 3 is 2.52 bits per heavy atom. The number of hydrogen-bond acceptors (Lipinski definition) is 5. The lowest BCUT2D eigenvalue weighted by Crippen LogP contribution is -2.39. The molecular weight excluding hydrogens is 533 g/mol. The van der Waals surface area contributed by atoms with E-state index in [2.05, 4.69) is 20.3 Å². The highest BCUT2D eigenvalue weighted by Crippen LogP contribution is 2.40. The number of amides is 2. The molecule has 0 radical (unpaired) electrons. The number of nitrogens with zero attached hydrogens (tertiary/aromatic N) is 3. The molecule has 2 aliphatic rings. The lowest BCUT2D eigenvalue weighted by molar-refractivity contribution is 0.0270. The monoisotopic (exact) mass is 567 g/mol. The Kier molecular flexibility index (Phi) is 7.04. The van der Waals surface area contributed by atoms with Gasteiger partial charge in [-0.3, -0.25) is 4.79 Å². The molecule has 216 valence electrons. The summed E-state index contributed by atoms with van der Waals surface area (Å²) < 4.78 is 20.4. The van der Waals surface area contributed by atoms with Gasteiger partial charge in [0.15, 0.2) is 0 Å². The molecule has 1 aliphatic heterocycles. The third-order valence-corrected chi connectivity index (χ3v) is 7.73. The third kappa shape index (κ3) is 5.77. The van der Waals surface area contributed by atoms with Gasteiger partial charge in [0, 0.05) is 41.0 Å². The van der Waals surface area contributed by atoms with Crippen LogP contribution in [0.3, 0.4) is 0 Å². The highest BCUT2D eigenvalue weighted by Gasteiger charge is 2.26. The van der Waals surface area contributed by atoms with E-state index in [0.29, 0.717) is 59.1 Å². The largest absolute Gasteiger partial charge is 0.444 e. The number of ether oxygens (including phenoxy) is 1. The number of aromatic amines is 1. The average molecular weight is 568 g/mol. The maximum absolute atomic E-state index is 14.9. The molecule has 8 nitrogen and oxygen atoms in total. The number of carbonyl (C=O) groups is 2. The van der Waals surface area contributed by atoms with Crippen molar-refractivity contribution in [1.29, 1.82) is 0 Å². The minimum atomic E-state index is -0.549. The van der Waals surface area contributed by atoms with Gasteiger partial charge < -0.3 is 19.9 Å². The first-order valence-electron chi connectivity index (χ1n) is 14.3. The topological polar surface area (TPSA) is 100 Å². The Balaban J connectivity index is 1.26. The third-order valence-electron chi connectivity index (χ3n) is 7.73. The summed E-state index contributed by atoms with van der Waals surface area (Å²) in [6.45, 7) is 8.37. The van der Waals surface area contributed by atoms with Crippen molar-refractivity contribution in [2.24, 2.45) is 0 Å². The van der Waals surface area contributed by atoms with Crippen LogP contribution in [0.5, 0.6) is 0 Å². The Morgan fingerprint density at radius 1 is 1.10 bits per heavy atom. The van der Waals surface area contributed by atoms with Crippen LogP contribution in [0.4, 0.5) is 14.9 Å². The van der Waals surface area contributed by atoms with Gasteiger partial charge in [-0.15, -0.1) is 0 Å². The van der Waals surface area contributed by atoms with Crippen molar-refractivity contribution in [3.8, 4) is 11.3 Å². The minimum absolute atomic E-state index is 0.293. The van der Waals surface area contributed by atoms with E-state index in [1.54, 1.807) is 4.90 Å². The molecule has 9 heteroatoms. The van der Waals surface area contributed by atoms with Gasteiger partial charge in [-0.05, 0) is 99.9 Å². The molecule has 1 aliphatic carbocycles. The molecule has 2 N–H and O–H groups in total. The minimum Gasteiger partial charge on any atom is -0.444 e. The average Bonchev–Trinajstić information content (AvgIpc) is 3.71. The number of aromatic nitrogens is 3. The standard InChI is InChI=1S/C33H34FN5O3/c1-19-25(15-24(34)16-27(19)38-31(40)23-9-7-21(8-10-23)20-5-6-20)29-26-17-28(37-30(26)36-18-35-29)22-11-13-39(14-12-22)32(41)42-33(2,3)4/h7-11,15-18,20H,5-6,12-14H2,1-4H3,(H,38,40)(H,35,36,37). The quantitative estimate of drug-likeness (QED) is 0.265. The van der Waals surface area contributed by atoms with E-state index in [-0.39, 0.29) is 12.0 Å². The van der Waals surface area contributed by atoms with E-state index in [1.807, 2.05) is 64.1 Å². The van der Waals surface area contributed by atoms with Crippen molar-refractivity contribution in [3.63, 3.8) is 0 Å². The van der Waals surface area contributed by atoms with Crippen molar-refractivity contribution < 1.29 is 18.7 Å². The molecule has 1 saturated carbocycles. The predicted molar refractivity (Wildman–Crippen MR) is 161 cm³/mol. The van der Waals surface area contributed by atoms with Crippen LogP contribution in [0.15, 0.2) is 54.9 Å². The molecule has 0 unspecified atom stereocenters. The second kappa shape index (κ2) is 10.7. The van der Waals surface area contributed by atoms with Crippen LogP contribution in [-0.2, 0) is 4.74 Å². The summed E-state index contributed by atoms with van der Waals surface area (Å²) >= 11 is 0. The van der Waals surface area contributed by atoms with E-state index in [0.717, 1.165) is 16.7 Å². The van der Waals surface area contributed by atoms with Crippen LogP contribution in [0, 0.1) is 12.7 Å². The number of rotatable bonds is 5. The number of fused-ring (bicyclic) bond motifs is 1. The fourth-order valence-electron chi connectivity index (χ4n) is 5.31. The number of benzene rings is 2. The van der Waals surface area contributed by atoms with E-state index in [4.69, 9.17) is 4.74 Å². The lowest BCUT2D eigenvalue weighted by Gasteiger charge is -2.29. The predicted octanol–water partition coefficient (Wildman–Crippen LogP) is 7.23. The van der Waals surface area contributed by atoms with Crippen LogP contribution < -0.4 is 5.32 Å². The normalized spacial score (nSPS) is 15.5. The molecule has 1 fully saturated rings. The van der Waals surface area contributed by atoms with Gasteiger partial charge in [0.1, 0.15) is 23.4 Å². The van der Waals surface area contributed by atoms with Crippen molar-refractivity contribution in [1.82, 2.24) is 19.9 Å². The second-order valence-corrected chi connectivity index (χ2v) is 12.0. The van der Waals surface area contributed by atoms with Gasteiger partial charge in [0.2, 0.25) is 0 Å². The van der Waals surface area contributed by atoms with Crippen LogP contribution >= 0.6 is 0 Å². The zero-order valence-corrected chi connectivity index (χ0v) is 24.3. The first-order valence-corrected chi connectivity index (χ1v) is 14.3. The van der Waals surface area contributed by atoms with Crippen LogP contribution in [0.1, 0.15) is 73.1 Å². The molecule has 4 aromatic rings. The maximum atomic E-state index is 14.9. The molecule has 2 aromatic heterocycles. The van der Waals surface area contributed by atoms with Crippen molar-refractivity contribution in [2.75, 3.05) is 18.4 Å². The van der Waals surface area contributed by atoms with E-state index >= 15 is 0 Å². The number of halogens is 1. The van der Waals surface area contributed by atoms with E-state index in [9.17, 15) is 14.0 Å². The Bertz CT molecular complexity index is 1710. The molecule has 42 heavy (non-hydrogen) atoms. The molecule has 2 amide bonds. The summed E-state index contributed by atoms with van der Waals surface area (Å²) in [6.07, 6.45) is 6.15. The van der Waals surface area contributed by atoms with Crippen LogP contribution in [0.25, 0.3) is 27.9 Å². The maximum Gasteiger partial charge on any atom is 0.410 e. The molecule has 2 aromatic carbocycles. The van der Waals surface area contributed by atoms with E-state index < -0.39 is 11.4 Å². The fourth-order valence-corrected chi connectivity index (χ4v) is 5.31. The molecule has 0 bridgehead atoms. The van der Waals surface area contributed by atoms with Gasteiger partial charge in [-0.1, -0.05) is 18.2 Å². The highest BCUT2D eigenvalue weighted by molar-refractivity contribution is 6.05. The molecule has 6 rings (SSSR count). The van der Waals surface area contributed by atoms with E-state index in [1.165, 1.54) is 36.9 Å². The lowest BCUT2D eigenvalue weighted by atomic mass is 10.00. The Labute approximate surface area is 244 Å². The van der Waals surface area contributed by atoms with Gasteiger partial charge >= 0.3 is 6.09 Å². The Morgan fingerprint density at radius 2 is 1.86 bits per heavy atom. The first kappa shape index (κ1) is 27.6. The summed E-state index contributed by atoms with van der Waals surface area (Å²) in [5, 5.41) is 3.63. The molecule has 0 saturated heterocycles. The van der Waals surface area contributed by atoms with Crippen LogP contribution in [-0.4, -0.2) is 50.5 Å². The fraction of sp³-hybridized carbons (Fsp3) is 0.333. The van der Waals surface area contributed by atoms with Crippen molar-refractivity contribution in [3.05, 3.63) is 83.1 Å². The summed E-state index contributed by atoms with van der Waals surface area (Å²) in [6, 6.07) is 12.4. The molecule has 0 atom stereocenters. The number of H-pyrrole nitrogens is 1. The zero-order valence-electron chi connectivity index (χ0n) is 24.3. The molecular formula is C33H34FN5O3. The highest BCUT2D eigenvalue weighted by atomic mass is 19.1. The summed E-state index contributed by atoms with van der Waals surface area (Å²) in [5.74, 6) is -0.164. The second-order valence-electron chi connectivity index (χ2n) is 12.0. The number of nitrogens with one attached hydrogen (secondary N) is 2. The van der Waals surface area contributed by atoms with Gasteiger partial charge in [0.25, 0.3) is 5.91 Å². The van der Waals surface area contributed by atoms with Crippen molar-refractivity contribution >= 4 is 34.3 Å². The van der Waals surface area contributed by atoms with Crippen LogP contribution in [0.2, 0.25) is 0 Å². The van der Waals surface area contributed by atoms with Gasteiger partial charge in [-0.25, -0.2) is 19.2 Å². The van der Waals surface area contributed by atoms with Crippen molar-refractivity contribution in [2.45, 2.75) is 58.5 Å². The number of carbonyl (C=O) groups excluding carboxylic acids is 2. The SMILES string of the molecule is Cc1c(NC(=O)c2ccc(C3CC3)cc2)cc(F)cc1-c1ncnc2[nH]c(C3=CCN(C(=O)OC(C)(C)C)CC3)cc12. The smallest absolute Gasteiger partial charge is 0.410 e. The van der Waals surface area contributed by atoms with Gasteiger partial charge in [0.05, 0.1) is 5.69 Å². The summed E-state index contributed by atoms with van der Waals surface area (Å²) in [4.78, 5) is 39.5. The number of anilines is 1. The Hall–Kier alpha value is -4.53. The first-order chi connectivity index (χ1) is 20.1. The zero-order chi connectivity index (χ0) is 29.6. The van der Waals surface area contributed by atoms with Gasteiger partial charge in [-0.2, -0.15) is 0 Å². The molecule has 3 heterocycles. The summed E-state index contributed by atoms with van der Waals surface area (Å²) in [7, 11) is 0. The molecule has 0 spiro atoms. The number of hydrogen-bond donors (Lipinski definition) is 2. The summed E-state index contributed by atoms with van der Waals surface area (Å²) in [5.41, 5.74) is 5.99.